The maximum Gasteiger partial charge on any atom is 0.312 e. The maximum absolute atomic E-state index is 12.8. The summed E-state index contributed by atoms with van der Waals surface area (Å²) >= 11 is 0. The standard InChI is InChI=1S/C19H29NO4/c1-13-2-4-20(5-3-13)16(21)11-24-17(22)18-7-14-6-15(8-18)10-19(23,9-14)12-18/h13-15,23H,2-12H2,1H3/t14-,15+,18?,19?. The number of esters is 1. The molecule has 5 heteroatoms. The third-order valence-electron chi connectivity index (χ3n) is 6.93. The maximum atomic E-state index is 12.8. The summed E-state index contributed by atoms with van der Waals surface area (Å²) in [4.78, 5) is 26.9. The van der Waals surface area contributed by atoms with Crippen molar-refractivity contribution >= 4 is 11.9 Å². The molecule has 1 aliphatic heterocycles. The largest absolute Gasteiger partial charge is 0.455 e. The second-order valence-corrected chi connectivity index (χ2v) is 9.11. The van der Waals surface area contributed by atoms with E-state index in [4.69, 9.17) is 4.74 Å². The third kappa shape index (κ3) is 2.85. The Morgan fingerprint density at radius 2 is 1.75 bits per heavy atom. The summed E-state index contributed by atoms with van der Waals surface area (Å²) in [7, 11) is 0. The minimum atomic E-state index is -0.671. The summed E-state index contributed by atoms with van der Waals surface area (Å²) in [5.41, 5.74) is -1.20. The fraction of sp³-hybridized carbons (Fsp3) is 0.895. The summed E-state index contributed by atoms with van der Waals surface area (Å²) < 4.78 is 5.47. The van der Waals surface area contributed by atoms with Gasteiger partial charge in [-0.15, -0.1) is 0 Å². The molecule has 134 valence electrons. The van der Waals surface area contributed by atoms with Gasteiger partial charge in [-0.1, -0.05) is 6.92 Å². The fourth-order valence-corrected chi connectivity index (χ4v) is 6.08. The number of nitrogens with zero attached hydrogens (tertiary/aromatic N) is 1. The number of aliphatic hydroxyl groups is 1. The smallest absolute Gasteiger partial charge is 0.312 e. The molecule has 1 heterocycles. The van der Waals surface area contributed by atoms with Crippen molar-refractivity contribution in [2.75, 3.05) is 19.7 Å². The molecular weight excluding hydrogens is 306 g/mol. The number of hydrogen-bond acceptors (Lipinski definition) is 4. The highest BCUT2D eigenvalue weighted by Crippen LogP contribution is 2.61. The normalized spacial score (nSPS) is 41.5. The molecule has 0 aromatic carbocycles. The number of rotatable bonds is 3. The topological polar surface area (TPSA) is 66.8 Å². The van der Waals surface area contributed by atoms with Crippen LogP contribution in [0.15, 0.2) is 0 Å². The van der Waals surface area contributed by atoms with Gasteiger partial charge in [0.1, 0.15) is 0 Å². The minimum absolute atomic E-state index is 0.0707. The first kappa shape index (κ1) is 16.4. The predicted octanol–water partition coefficient (Wildman–Crippen LogP) is 2.12. The molecule has 4 aliphatic carbocycles. The molecule has 24 heavy (non-hydrogen) atoms. The number of amides is 1. The Kier molecular flexibility index (Phi) is 3.90. The molecule has 1 saturated heterocycles. The van der Waals surface area contributed by atoms with E-state index in [1.807, 2.05) is 4.90 Å². The molecule has 0 aromatic heterocycles. The van der Waals surface area contributed by atoms with Crippen LogP contribution in [0.3, 0.4) is 0 Å². The summed E-state index contributed by atoms with van der Waals surface area (Å²) in [6.07, 6.45) is 7.07. The Bertz CT molecular complexity index is 523. The molecule has 5 fully saturated rings. The van der Waals surface area contributed by atoms with Crippen LogP contribution in [-0.4, -0.2) is 47.2 Å². The van der Waals surface area contributed by atoms with Crippen LogP contribution in [0.2, 0.25) is 0 Å². The lowest BCUT2D eigenvalue weighted by Crippen LogP contribution is -2.58. The van der Waals surface area contributed by atoms with E-state index in [-0.39, 0.29) is 18.5 Å². The highest BCUT2D eigenvalue weighted by Gasteiger charge is 2.60. The Labute approximate surface area is 143 Å². The quantitative estimate of drug-likeness (QED) is 0.802. The second kappa shape index (κ2) is 5.72. The van der Waals surface area contributed by atoms with Crippen LogP contribution in [0.25, 0.3) is 0 Å². The highest BCUT2D eigenvalue weighted by atomic mass is 16.5. The number of ether oxygens (including phenoxy) is 1. The Morgan fingerprint density at radius 3 is 2.33 bits per heavy atom. The molecule has 4 saturated carbocycles. The van der Waals surface area contributed by atoms with Gasteiger partial charge in [0.15, 0.2) is 6.61 Å². The zero-order valence-electron chi connectivity index (χ0n) is 14.6. The van der Waals surface area contributed by atoms with Crippen molar-refractivity contribution in [2.45, 2.75) is 63.9 Å². The lowest BCUT2D eigenvalue weighted by molar-refractivity contribution is -0.197. The van der Waals surface area contributed by atoms with E-state index >= 15 is 0 Å². The van der Waals surface area contributed by atoms with Crippen molar-refractivity contribution < 1.29 is 19.4 Å². The van der Waals surface area contributed by atoms with Gasteiger partial charge in [-0.25, -0.2) is 0 Å². The number of likely N-dealkylation sites (tertiary alicyclic amines) is 1. The summed E-state index contributed by atoms with van der Waals surface area (Å²) in [5.74, 6) is 1.25. The van der Waals surface area contributed by atoms with E-state index in [1.165, 1.54) is 0 Å². The van der Waals surface area contributed by atoms with Crippen molar-refractivity contribution in [1.29, 1.82) is 0 Å². The SMILES string of the molecule is CC1CCN(C(=O)COC(=O)C23C[C@@H]4C[C@@H](CC(O)(C4)C2)C3)CC1. The van der Waals surface area contributed by atoms with E-state index in [9.17, 15) is 14.7 Å². The van der Waals surface area contributed by atoms with Crippen molar-refractivity contribution in [1.82, 2.24) is 4.90 Å². The second-order valence-electron chi connectivity index (χ2n) is 9.11. The molecule has 0 radical (unpaired) electrons. The first-order valence-electron chi connectivity index (χ1n) is 9.55. The van der Waals surface area contributed by atoms with Crippen LogP contribution in [-0.2, 0) is 14.3 Å². The van der Waals surface area contributed by atoms with Crippen molar-refractivity contribution in [3.63, 3.8) is 0 Å². The van der Waals surface area contributed by atoms with Crippen molar-refractivity contribution in [3.8, 4) is 0 Å². The highest BCUT2D eigenvalue weighted by molar-refractivity contribution is 5.83. The van der Waals surface area contributed by atoms with Gasteiger partial charge in [-0.2, -0.15) is 0 Å². The van der Waals surface area contributed by atoms with Gasteiger partial charge in [0, 0.05) is 13.1 Å². The van der Waals surface area contributed by atoms with Gasteiger partial charge >= 0.3 is 5.97 Å². The summed E-state index contributed by atoms with van der Waals surface area (Å²) in [6.45, 7) is 3.61. The van der Waals surface area contributed by atoms with E-state index < -0.39 is 11.0 Å². The van der Waals surface area contributed by atoms with Gasteiger partial charge < -0.3 is 14.7 Å². The molecule has 0 spiro atoms. The molecule has 4 atom stereocenters. The minimum Gasteiger partial charge on any atom is -0.455 e. The van der Waals surface area contributed by atoms with E-state index in [0.717, 1.165) is 58.0 Å². The van der Waals surface area contributed by atoms with Gasteiger partial charge in [0.25, 0.3) is 5.91 Å². The lowest BCUT2D eigenvalue weighted by Gasteiger charge is -2.58. The van der Waals surface area contributed by atoms with E-state index in [1.54, 1.807) is 0 Å². The number of carbonyl (C=O) groups excluding carboxylic acids is 2. The van der Waals surface area contributed by atoms with Crippen molar-refractivity contribution in [3.05, 3.63) is 0 Å². The Hall–Kier alpha value is -1.10. The molecule has 5 aliphatic rings. The average molecular weight is 335 g/mol. The molecule has 1 amide bonds. The monoisotopic (exact) mass is 335 g/mol. The molecule has 5 nitrogen and oxygen atoms in total. The van der Waals surface area contributed by atoms with Gasteiger partial charge in [-0.3, -0.25) is 9.59 Å². The molecule has 4 bridgehead atoms. The summed E-state index contributed by atoms with van der Waals surface area (Å²) in [5, 5.41) is 10.7. The summed E-state index contributed by atoms with van der Waals surface area (Å²) in [6, 6.07) is 0. The van der Waals surface area contributed by atoms with E-state index in [0.29, 0.717) is 24.2 Å². The molecule has 1 N–H and O–H groups in total. The number of piperidine rings is 1. The van der Waals surface area contributed by atoms with Crippen LogP contribution in [0.1, 0.15) is 58.3 Å². The van der Waals surface area contributed by atoms with Crippen LogP contribution in [0.5, 0.6) is 0 Å². The van der Waals surface area contributed by atoms with Crippen LogP contribution < -0.4 is 0 Å². The first-order chi connectivity index (χ1) is 11.4. The van der Waals surface area contributed by atoms with E-state index in [2.05, 4.69) is 6.92 Å². The molecule has 0 aromatic rings. The zero-order chi connectivity index (χ0) is 16.9. The third-order valence-corrected chi connectivity index (χ3v) is 6.93. The lowest BCUT2D eigenvalue weighted by atomic mass is 9.48. The van der Waals surface area contributed by atoms with Crippen molar-refractivity contribution in [2.24, 2.45) is 23.2 Å². The Morgan fingerprint density at radius 1 is 1.12 bits per heavy atom. The molecule has 5 rings (SSSR count). The van der Waals surface area contributed by atoms with Crippen LogP contribution in [0, 0.1) is 23.2 Å². The first-order valence-corrected chi connectivity index (χ1v) is 9.55. The number of carbonyl (C=O) groups is 2. The van der Waals surface area contributed by atoms with Gasteiger partial charge in [0.05, 0.1) is 11.0 Å². The number of hydrogen-bond donors (Lipinski definition) is 1. The predicted molar refractivity (Wildman–Crippen MR) is 88.0 cm³/mol. The fourth-order valence-electron chi connectivity index (χ4n) is 6.08. The Balaban J connectivity index is 1.36. The average Bonchev–Trinajstić information content (AvgIpc) is 2.50. The zero-order valence-corrected chi connectivity index (χ0v) is 14.6. The van der Waals surface area contributed by atoms with Gasteiger partial charge in [0.2, 0.25) is 0 Å². The van der Waals surface area contributed by atoms with Crippen LogP contribution >= 0.6 is 0 Å². The van der Waals surface area contributed by atoms with Crippen LogP contribution in [0.4, 0.5) is 0 Å². The molecule has 2 unspecified atom stereocenters. The van der Waals surface area contributed by atoms with Gasteiger partial charge in [-0.05, 0) is 69.1 Å². The molecular formula is C19H29NO4.